The molecular formula is C23H22N4O6. The fourth-order valence-corrected chi connectivity index (χ4v) is 3.90. The second kappa shape index (κ2) is 9.13. The lowest BCUT2D eigenvalue weighted by molar-refractivity contribution is -0.140. The molecule has 0 aliphatic heterocycles. The van der Waals surface area contributed by atoms with E-state index >= 15 is 0 Å². The number of amides is 2. The van der Waals surface area contributed by atoms with Crippen LogP contribution in [0.5, 0.6) is 0 Å². The fraction of sp³-hybridized carbons (Fsp3) is 0.217. The number of aliphatic hydroxyl groups excluding tert-OH is 1. The molecular weight excluding hydrogens is 428 g/mol. The van der Waals surface area contributed by atoms with Crippen molar-refractivity contribution in [2.75, 3.05) is 18.5 Å². The summed E-state index contributed by atoms with van der Waals surface area (Å²) in [6.07, 6.45) is 0.400. The van der Waals surface area contributed by atoms with Gasteiger partial charge in [-0.2, -0.15) is 5.10 Å². The zero-order valence-corrected chi connectivity index (χ0v) is 17.7. The predicted octanol–water partition coefficient (Wildman–Crippen LogP) is 1.96. The Hall–Kier alpha value is -4.18. The smallest absolute Gasteiger partial charge is 0.412 e. The number of nitrogens with zero attached hydrogens (tertiary/aromatic N) is 2. The summed E-state index contributed by atoms with van der Waals surface area (Å²) in [5, 5.41) is 26.8. The summed E-state index contributed by atoms with van der Waals surface area (Å²) in [5.74, 6) is -2.29. The first-order valence-electron chi connectivity index (χ1n) is 10.2. The third-order valence-corrected chi connectivity index (χ3v) is 5.53. The van der Waals surface area contributed by atoms with Crippen LogP contribution in [0.2, 0.25) is 0 Å². The highest BCUT2D eigenvalue weighted by Crippen LogP contribution is 2.44. The zero-order chi connectivity index (χ0) is 23.5. The zero-order valence-electron chi connectivity index (χ0n) is 17.7. The monoisotopic (exact) mass is 450 g/mol. The van der Waals surface area contributed by atoms with Crippen molar-refractivity contribution in [3.05, 3.63) is 71.4 Å². The highest BCUT2D eigenvalue weighted by molar-refractivity contribution is 6.03. The number of hydrogen-bond donors (Lipinski definition) is 4. The Bertz CT molecular complexity index is 1180. The maximum Gasteiger partial charge on any atom is 0.412 e. The molecule has 1 aromatic heterocycles. The lowest BCUT2D eigenvalue weighted by Crippen LogP contribution is -2.43. The number of aromatic nitrogens is 2. The number of hydrogen-bond acceptors (Lipinski definition) is 6. The summed E-state index contributed by atoms with van der Waals surface area (Å²) < 4.78 is 6.74. The number of ether oxygens (including phenoxy) is 1. The number of benzene rings is 2. The number of rotatable bonds is 7. The van der Waals surface area contributed by atoms with Crippen LogP contribution in [-0.4, -0.2) is 57.2 Å². The minimum Gasteiger partial charge on any atom is -0.480 e. The number of carboxylic acid groups (broad SMARTS) is 1. The summed E-state index contributed by atoms with van der Waals surface area (Å²) in [4.78, 5) is 36.1. The van der Waals surface area contributed by atoms with E-state index in [2.05, 4.69) is 15.7 Å². The molecule has 0 unspecified atom stereocenters. The molecule has 4 rings (SSSR count). The minimum atomic E-state index is -1.49. The van der Waals surface area contributed by atoms with Crippen LogP contribution in [0.15, 0.2) is 54.7 Å². The minimum absolute atomic E-state index is 0.0341. The maximum absolute atomic E-state index is 12.6. The molecule has 0 saturated heterocycles. The molecule has 1 aliphatic rings. The van der Waals surface area contributed by atoms with Gasteiger partial charge in [0.25, 0.3) is 5.91 Å². The first-order valence-corrected chi connectivity index (χ1v) is 10.2. The lowest BCUT2D eigenvalue weighted by Gasteiger charge is -2.15. The van der Waals surface area contributed by atoms with Gasteiger partial charge in [0, 0.05) is 13.0 Å². The van der Waals surface area contributed by atoms with Gasteiger partial charge in [-0.15, -0.1) is 0 Å². The van der Waals surface area contributed by atoms with Crippen molar-refractivity contribution in [3.8, 4) is 11.1 Å². The second-order valence-corrected chi connectivity index (χ2v) is 7.53. The number of aliphatic carboxylic acids is 1. The van der Waals surface area contributed by atoms with Crippen LogP contribution in [0.4, 0.5) is 10.6 Å². The van der Waals surface area contributed by atoms with E-state index in [1.807, 2.05) is 48.5 Å². The largest absolute Gasteiger partial charge is 0.480 e. The van der Waals surface area contributed by atoms with E-state index in [4.69, 9.17) is 14.9 Å². The van der Waals surface area contributed by atoms with Crippen LogP contribution >= 0.6 is 0 Å². The van der Waals surface area contributed by atoms with Gasteiger partial charge in [0.15, 0.2) is 6.04 Å². The van der Waals surface area contributed by atoms with Gasteiger partial charge in [-0.3, -0.25) is 14.8 Å². The summed E-state index contributed by atoms with van der Waals surface area (Å²) >= 11 is 0. The number of carbonyl (C=O) groups excluding carboxylic acids is 2. The summed E-state index contributed by atoms with van der Waals surface area (Å²) in [6.45, 7) is -0.693. The van der Waals surface area contributed by atoms with Crippen LogP contribution in [0.1, 0.15) is 27.4 Å². The van der Waals surface area contributed by atoms with Gasteiger partial charge in [0.2, 0.25) is 0 Å². The third kappa shape index (κ3) is 4.28. The number of carboxylic acids is 1. The van der Waals surface area contributed by atoms with Gasteiger partial charge in [-0.05, 0) is 22.3 Å². The van der Waals surface area contributed by atoms with Gasteiger partial charge in [0.05, 0.1) is 12.8 Å². The third-order valence-electron chi connectivity index (χ3n) is 5.53. The molecule has 0 spiro atoms. The molecule has 2 aromatic carbocycles. The molecule has 0 bridgehead atoms. The number of fused-ring (bicyclic) bond motifs is 3. The van der Waals surface area contributed by atoms with Crippen molar-refractivity contribution in [2.45, 2.75) is 12.0 Å². The summed E-state index contributed by atoms with van der Waals surface area (Å²) in [7, 11) is 1.51. The number of aliphatic hydroxyl groups is 1. The van der Waals surface area contributed by atoms with Crippen molar-refractivity contribution < 1.29 is 29.3 Å². The van der Waals surface area contributed by atoms with E-state index in [0.717, 1.165) is 22.3 Å². The molecule has 10 nitrogen and oxygen atoms in total. The van der Waals surface area contributed by atoms with Crippen molar-refractivity contribution in [1.29, 1.82) is 0 Å². The van der Waals surface area contributed by atoms with E-state index in [1.54, 1.807) is 0 Å². The van der Waals surface area contributed by atoms with Gasteiger partial charge in [0.1, 0.15) is 18.0 Å². The maximum atomic E-state index is 12.6. The first-order chi connectivity index (χ1) is 15.9. The highest BCUT2D eigenvalue weighted by atomic mass is 16.5. The molecule has 2 amide bonds. The Morgan fingerprint density at radius 1 is 1.09 bits per heavy atom. The Balaban J connectivity index is 1.46. The van der Waals surface area contributed by atoms with Crippen molar-refractivity contribution in [2.24, 2.45) is 7.05 Å². The summed E-state index contributed by atoms with van der Waals surface area (Å²) in [5.41, 5.74) is 4.27. The Morgan fingerprint density at radius 2 is 1.70 bits per heavy atom. The molecule has 33 heavy (non-hydrogen) atoms. The number of anilines is 1. The van der Waals surface area contributed by atoms with Crippen molar-refractivity contribution in [3.63, 3.8) is 0 Å². The van der Waals surface area contributed by atoms with Gasteiger partial charge in [-0.1, -0.05) is 48.5 Å². The van der Waals surface area contributed by atoms with E-state index in [1.165, 1.54) is 17.9 Å². The molecule has 0 fully saturated rings. The number of carbonyl (C=O) groups is 3. The molecule has 0 saturated carbocycles. The molecule has 4 N–H and O–H groups in total. The predicted molar refractivity (Wildman–Crippen MR) is 118 cm³/mol. The second-order valence-electron chi connectivity index (χ2n) is 7.53. The fourth-order valence-electron chi connectivity index (χ4n) is 3.90. The molecule has 1 heterocycles. The average molecular weight is 450 g/mol. The van der Waals surface area contributed by atoms with Crippen LogP contribution in [-0.2, 0) is 16.6 Å². The number of nitrogens with one attached hydrogen (secondary N) is 2. The molecule has 3 aromatic rings. The van der Waals surface area contributed by atoms with Crippen LogP contribution in [0, 0.1) is 0 Å². The molecule has 0 radical (unpaired) electrons. The Morgan fingerprint density at radius 3 is 2.27 bits per heavy atom. The Kier molecular flexibility index (Phi) is 6.09. The molecule has 1 aliphatic carbocycles. The highest BCUT2D eigenvalue weighted by Gasteiger charge is 2.29. The Labute approximate surface area is 188 Å². The van der Waals surface area contributed by atoms with E-state index < -0.39 is 30.6 Å². The van der Waals surface area contributed by atoms with Gasteiger partial charge in [-0.25, -0.2) is 9.59 Å². The van der Waals surface area contributed by atoms with E-state index in [-0.39, 0.29) is 23.9 Å². The van der Waals surface area contributed by atoms with Crippen LogP contribution < -0.4 is 10.6 Å². The van der Waals surface area contributed by atoms with E-state index in [9.17, 15) is 14.4 Å². The van der Waals surface area contributed by atoms with Crippen LogP contribution in [0.3, 0.4) is 0 Å². The SMILES string of the molecule is Cn1ncc(C(=O)N[C@@H](CO)C(=O)O)c1NC(=O)OCC1c2ccccc2-c2ccccc21. The van der Waals surface area contributed by atoms with E-state index in [0.29, 0.717) is 0 Å². The molecule has 170 valence electrons. The summed E-state index contributed by atoms with van der Waals surface area (Å²) in [6, 6.07) is 14.4. The molecule has 10 heteroatoms. The standard InChI is InChI=1S/C23H22N4O6/c1-27-20(17(10-24-27)21(29)25-19(11-28)22(30)31)26-23(32)33-12-18-15-8-4-2-6-13(15)14-7-3-5-9-16(14)18/h2-10,18-19,28H,11-12H2,1H3,(H,25,29)(H,26,32)(H,30,31)/t19-/m0/s1. The van der Waals surface area contributed by atoms with Crippen molar-refractivity contribution >= 4 is 23.8 Å². The van der Waals surface area contributed by atoms with Gasteiger partial charge >= 0.3 is 12.1 Å². The first kappa shape index (κ1) is 22.0. The van der Waals surface area contributed by atoms with Gasteiger partial charge < -0.3 is 20.3 Å². The normalized spacial score (nSPS) is 13.0. The quantitative estimate of drug-likeness (QED) is 0.431. The topological polar surface area (TPSA) is 143 Å². The average Bonchev–Trinajstić information content (AvgIpc) is 3.33. The number of aryl methyl sites for hydroxylation is 1. The van der Waals surface area contributed by atoms with Crippen molar-refractivity contribution in [1.82, 2.24) is 15.1 Å². The van der Waals surface area contributed by atoms with Crippen LogP contribution in [0.25, 0.3) is 11.1 Å². The molecule has 1 atom stereocenters. The lowest BCUT2D eigenvalue weighted by atomic mass is 9.98.